The van der Waals surface area contributed by atoms with Gasteiger partial charge in [0.1, 0.15) is 17.7 Å². The molecule has 2 aromatic rings. The van der Waals surface area contributed by atoms with E-state index in [-0.39, 0.29) is 17.7 Å². The maximum absolute atomic E-state index is 14.4. The minimum absolute atomic E-state index is 0.218. The Kier molecular flexibility index (Phi) is 14.1. The lowest BCUT2D eigenvalue weighted by molar-refractivity contribution is -0.143. The third kappa shape index (κ3) is 11.5. The molecule has 0 aliphatic carbocycles. The van der Waals surface area contributed by atoms with E-state index in [1.54, 1.807) is 25.7 Å². The number of hydrogen-bond donors (Lipinski definition) is 2. The standard InChI is InChI=1S/C35H53N3O4/c1-9-10-11-12-13-17-22-38(33(40)30(25(2)3)37-34(41)42-35(6,7)8)31(29-21-20-26(4)23-27(29)5)32(39)36-24-28-18-15-14-16-19-28/h14-16,18-21,23,25,30-31H,9-13,17,22,24H2,1-8H3,(H,36,39)(H,37,41). The van der Waals surface area contributed by atoms with Crippen LogP contribution in [-0.4, -0.2) is 41.0 Å². The van der Waals surface area contributed by atoms with E-state index in [0.717, 1.165) is 54.4 Å². The van der Waals surface area contributed by atoms with Crippen LogP contribution in [0.3, 0.4) is 0 Å². The lowest BCUT2D eigenvalue weighted by Gasteiger charge is -2.36. The first-order chi connectivity index (χ1) is 19.8. The molecule has 7 heteroatoms. The van der Waals surface area contributed by atoms with Gasteiger partial charge < -0.3 is 20.3 Å². The largest absolute Gasteiger partial charge is 0.444 e. The summed E-state index contributed by atoms with van der Waals surface area (Å²) in [6, 6.07) is 14.0. The molecule has 232 valence electrons. The van der Waals surface area contributed by atoms with Crippen LogP contribution in [0, 0.1) is 19.8 Å². The number of rotatable bonds is 15. The van der Waals surface area contributed by atoms with E-state index in [0.29, 0.717) is 13.1 Å². The highest BCUT2D eigenvalue weighted by Crippen LogP contribution is 2.28. The molecular formula is C35H53N3O4. The molecule has 2 rings (SSSR count). The topological polar surface area (TPSA) is 87.7 Å². The van der Waals surface area contributed by atoms with Crippen molar-refractivity contribution in [1.29, 1.82) is 0 Å². The Morgan fingerprint density at radius 3 is 2.14 bits per heavy atom. The van der Waals surface area contributed by atoms with Gasteiger partial charge in [0.05, 0.1) is 0 Å². The molecule has 0 fully saturated rings. The Morgan fingerprint density at radius 1 is 0.905 bits per heavy atom. The van der Waals surface area contributed by atoms with Gasteiger partial charge in [-0.25, -0.2) is 4.79 Å². The van der Waals surface area contributed by atoms with Crippen LogP contribution in [0.1, 0.15) is 108 Å². The maximum atomic E-state index is 14.4. The monoisotopic (exact) mass is 579 g/mol. The minimum atomic E-state index is -0.852. The van der Waals surface area contributed by atoms with Crippen LogP contribution in [0.5, 0.6) is 0 Å². The van der Waals surface area contributed by atoms with E-state index >= 15 is 0 Å². The first kappa shape index (κ1) is 34.8. The van der Waals surface area contributed by atoms with Gasteiger partial charge in [0.2, 0.25) is 11.8 Å². The van der Waals surface area contributed by atoms with Crippen LogP contribution < -0.4 is 10.6 Å². The van der Waals surface area contributed by atoms with Gasteiger partial charge in [-0.3, -0.25) is 9.59 Å². The third-order valence-corrected chi connectivity index (χ3v) is 7.23. The van der Waals surface area contributed by atoms with Gasteiger partial charge in [-0.05, 0) is 63.6 Å². The number of benzene rings is 2. The molecule has 0 saturated heterocycles. The number of ether oxygens (including phenoxy) is 1. The highest BCUT2D eigenvalue weighted by molar-refractivity contribution is 5.92. The van der Waals surface area contributed by atoms with Crippen LogP contribution in [0.25, 0.3) is 0 Å². The maximum Gasteiger partial charge on any atom is 0.408 e. The summed E-state index contributed by atoms with van der Waals surface area (Å²) in [7, 11) is 0. The van der Waals surface area contributed by atoms with Crippen LogP contribution in [0.15, 0.2) is 48.5 Å². The average molecular weight is 580 g/mol. The smallest absolute Gasteiger partial charge is 0.408 e. The summed E-state index contributed by atoms with van der Waals surface area (Å²) in [4.78, 5) is 42.9. The van der Waals surface area contributed by atoms with Crippen molar-refractivity contribution in [3.05, 3.63) is 70.8 Å². The zero-order valence-corrected chi connectivity index (χ0v) is 27.1. The molecule has 7 nitrogen and oxygen atoms in total. The summed E-state index contributed by atoms with van der Waals surface area (Å²) in [5.74, 6) is -0.751. The zero-order valence-electron chi connectivity index (χ0n) is 27.1. The number of unbranched alkanes of at least 4 members (excludes halogenated alkanes) is 5. The van der Waals surface area contributed by atoms with Crippen molar-refractivity contribution in [2.45, 2.75) is 118 Å². The second-order valence-corrected chi connectivity index (χ2v) is 12.6. The van der Waals surface area contributed by atoms with Crippen molar-refractivity contribution >= 4 is 17.9 Å². The highest BCUT2D eigenvalue weighted by Gasteiger charge is 2.37. The molecule has 0 saturated carbocycles. The van der Waals surface area contributed by atoms with Gasteiger partial charge >= 0.3 is 6.09 Å². The fraction of sp³-hybridized carbons (Fsp3) is 0.571. The number of alkyl carbamates (subject to hydrolysis) is 1. The summed E-state index contributed by atoms with van der Waals surface area (Å²) in [6.07, 6.45) is 5.65. The molecule has 42 heavy (non-hydrogen) atoms. The predicted octanol–water partition coefficient (Wildman–Crippen LogP) is 7.40. The molecule has 0 heterocycles. The van der Waals surface area contributed by atoms with Crippen LogP contribution >= 0.6 is 0 Å². The highest BCUT2D eigenvalue weighted by atomic mass is 16.6. The molecule has 0 aliphatic heterocycles. The van der Waals surface area contributed by atoms with Crippen LogP contribution in [0.4, 0.5) is 4.79 Å². The Labute approximate surface area is 253 Å². The van der Waals surface area contributed by atoms with Crippen LogP contribution in [0.2, 0.25) is 0 Å². The SMILES string of the molecule is CCCCCCCCN(C(=O)C(NC(=O)OC(C)(C)C)C(C)C)C(C(=O)NCc1ccccc1)c1ccc(C)cc1C. The van der Waals surface area contributed by atoms with Gasteiger partial charge in [0, 0.05) is 13.1 Å². The third-order valence-electron chi connectivity index (χ3n) is 7.23. The predicted molar refractivity (Wildman–Crippen MR) is 170 cm³/mol. The zero-order chi connectivity index (χ0) is 31.3. The van der Waals surface area contributed by atoms with E-state index in [9.17, 15) is 14.4 Å². The number of aryl methyl sites for hydroxylation is 2. The second kappa shape index (κ2) is 16.9. The molecule has 0 aromatic heterocycles. The Bertz CT molecular complexity index is 1140. The van der Waals surface area contributed by atoms with E-state index in [2.05, 4.69) is 17.6 Å². The van der Waals surface area contributed by atoms with E-state index in [1.165, 1.54) is 6.42 Å². The van der Waals surface area contributed by atoms with Crippen LogP contribution in [-0.2, 0) is 20.9 Å². The fourth-order valence-electron chi connectivity index (χ4n) is 5.02. The second-order valence-electron chi connectivity index (χ2n) is 12.6. The Morgan fingerprint density at radius 2 is 1.55 bits per heavy atom. The van der Waals surface area contributed by atoms with E-state index in [1.807, 2.05) is 76.2 Å². The number of amides is 3. The Hall–Kier alpha value is -3.35. The normalized spacial score (nSPS) is 12.9. The molecule has 0 aliphatic rings. The lowest BCUT2D eigenvalue weighted by atomic mass is 9.94. The van der Waals surface area contributed by atoms with Crippen molar-refractivity contribution in [1.82, 2.24) is 15.5 Å². The quantitative estimate of drug-likeness (QED) is 0.215. The van der Waals surface area contributed by atoms with Gasteiger partial charge in [0.25, 0.3) is 0 Å². The van der Waals surface area contributed by atoms with Crippen molar-refractivity contribution in [2.24, 2.45) is 5.92 Å². The van der Waals surface area contributed by atoms with Gasteiger partial charge in [-0.1, -0.05) is 107 Å². The number of nitrogens with zero attached hydrogens (tertiary/aromatic N) is 1. The lowest BCUT2D eigenvalue weighted by Crippen LogP contribution is -2.55. The number of carbonyl (C=O) groups is 3. The van der Waals surface area contributed by atoms with E-state index < -0.39 is 23.8 Å². The number of nitrogens with one attached hydrogen (secondary N) is 2. The van der Waals surface area contributed by atoms with Gasteiger partial charge in [-0.15, -0.1) is 0 Å². The van der Waals surface area contributed by atoms with Crippen molar-refractivity contribution in [2.75, 3.05) is 6.54 Å². The molecule has 2 aromatic carbocycles. The number of carbonyl (C=O) groups excluding carboxylic acids is 3. The molecule has 2 N–H and O–H groups in total. The average Bonchev–Trinajstić information content (AvgIpc) is 2.91. The summed E-state index contributed by atoms with van der Waals surface area (Å²) >= 11 is 0. The molecular weight excluding hydrogens is 526 g/mol. The molecule has 0 spiro atoms. The molecule has 0 radical (unpaired) electrons. The molecule has 0 bridgehead atoms. The molecule has 2 unspecified atom stereocenters. The minimum Gasteiger partial charge on any atom is -0.444 e. The summed E-state index contributed by atoms with van der Waals surface area (Å²) < 4.78 is 5.50. The van der Waals surface area contributed by atoms with Crippen molar-refractivity contribution < 1.29 is 19.1 Å². The molecule has 3 amide bonds. The van der Waals surface area contributed by atoms with Crippen molar-refractivity contribution in [3.8, 4) is 0 Å². The first-order valence-corrected chi connectivity index (χ1v) is 15.5. The fourth-order valence-corrected chi connectivity index (χ4v) is 5.02. The first-order valence-electron chi connectivity index (χ1n) is 15.5. The summed E-state index contributed by atoms with van der Waals surface area (Å²) in [6.45, 7) is 16.1. The van der Waals surface area contributed by atoms with E-state index in [4.69, 9.17) is 4.74 Å². The Balaban J connectivity index is 2.48. The summed E-state index contributed by atoms with van der Waals surface area (Å²) in [5.41, 5.74) is 3.08. The summed E-state index contributed by atoms with van der Waals surface area (Å²) in [5, 5.41) is 5.90. The number of hydrogen-bond acceptors (Lipinski definition) is 4. The van der Waals surface area contributed by atoms with Gasteiger partial charge in [-0.2, -0.15) is 0 Å². The molecule has 2 atom stereocenters. The van der Waals surface area contributed by atoms with Gasteiger partial charge in [0.15, 0.2) is 0 Å². The van der Waals surface area contributed by atoms with Crippen molar-refractivity contribution in [3.63, 3.8) is 0 Å².